The lowest BCUT2D eigenvalue weighted by Gasteiger charge is -2.42. The largest absolute Gasteiger partial charge is 0.442 e. The van der Waals surface area contributed by atoms with Crippen LogP contribution >= 0.6 is 0 Å². The van der Waals surface area contributed by atoms with Gasteiger partial charge in [-0.15, -0.1) is 0 Å². The molecule has 3 aliphatic heterocycles. The number of piperidine rings is 1. The van der Waals surface area contributed by atoms with Gasteiger partial charge in [-0.1, -0.05) is 0 Å². The van der Waals surface area contributed by atoms with Crippen LogP contribution in [0.15, 0.2) is 18.2 Å². The van der Waals surface area contributed by atoms with Crippen LogP contribution in [0.3, 0.4) is 0 Å². The van der Waals surface area contributed by atoms with Crippen molar-refractivity contribution in [2.24, 2.45) is 5.41 Å². The second kappa shape index (κ2) is 9.34. The number of carbonyl (C=O) groups excluding carboxylic acids is 3. The molecule has 1 aromatic carbocycles. The highest BCUT2D eigenvalue weighted by Gasteiger charge is 2.62. The summed E-state index contributed by atoms with van der Waals surface area (Å²) >= 11 is 0. The van der Waals surface area contributed by atoms with E-state index in [9.17, 15) is 14.4 Å². The van der Waals surface area contributed by atoms with Crippen molar-refractivity contribution < 1.29 is 33.1 Å². The van der Waals surface area contributed by atoms with Crippen LogP contribution in [0.25, 0.3) is 0 Å². The van der Waals surface area contributed by atoms with Gasteiger partial charge in [0.2, 0.25) is 5.91 Å². The van der Waals surface area contributed by atoms with Gasteiger partial charge in [-0.2, -0.15) is 5.06 Å². The molecular formula is C26H35FN4O6. The second-order valence-electron chi connectivity index (χ2n) is 11.4. The Labute approximate surface area is 215 Å². The van der Waals surface area contributed by atoms with Gasteiger partial charge in [0, 0.05) is 25.4 Å². The van der Waals surface area contributed by atoms with Gasteiger partial charge in [0.05, 0.1) is 36.6 Å². The van der Waals surface area contributed by atoms with Crippen molar-refractivity contribution in [1.82, 2.24) is 10.4 Å². The Balaban J connectivity index is 1.23. The molecular weight excluding hydrogens is 483 g/mol. The molecule has 3 atom stereocenters. The van der Waals surface area contributed by atoms with Gasteiger partial charge >= 0.3 is 12.2 Å². The third-order valence-electron chi connectivity index (χ3n) is 7.84. The summed E-state index contributed by atoms with van der Waals surface area (Å²) in [5.41, 5.74) is 0.156. The number of hydroxylamine groups is 2. The third kappa shape index (κ3) is 4.81. The Bertz CT molecular complexity index is 1080. The molecule has 0 radical (unpaired) electrons. The average molecular weight is 519 g/mol. The van der Waals surface area contributed by atoms with Crippen LogP contribution in [0.2, 0.25) is 0 Å². The van der Waals surface area contributed by atoms with Crippen molar-refractivity contribution >= 4 is 29.5 Å². The molecule has 1 aliphatic carbocycles. The lowest BCUT2D eigenvalue weighted by atomic mass is 9.73. The van der Waals surface area contributed by atoms with E-state index in [-0.39, 0.29) is 36.6 Å². The second-order valence-corrected chi connectivity index (χ2v) is 11.4. The highest BCUT2D eigenvalue weighted by atomic mass is 19.1. The standard InChI is InChI=1S/C26H35FN4O6/c1-16(32)28-14-18-15-30(23(33)35-18)17-5-6-20(19(27)13-17)29-11-9-26(10-12-29)21-7-8-22(26)37-31(21)24(34)36-25(2,3)4/h5-6,13,18,21-22H,7-12,14-15H2,1-4H3,(H,28,32)/t18-,21?,22?/m0/s1. The summed E-state index contributed by atoms with van der Waals surface area (Å²) in [5.74, 6) is -0.615. The molecule has 3 saturated heterocycles. The van der Waals surface area contributed by atoms with Crippen molar-refractivity contribution in [2.75, 3.05) is 36.0 Å². The smallest absolute Gasteiger partial charge is 0.434 e. The number of nitrogens with zero attached hydrogens (tertiary/aromatic N) is 3. The van der Waals surface area contributed by atoms with E-state index in [1.165, 1.54) is 23.0 Å². The van der Waals surface area contributed by atoms with Crippen molar-refractivity contribution in [3.8, 4) is 0 Å². The number of carbonyl (C=O) groups is 3. The Hall–Kier alpha value is -3.08. The molecule has 10 nitrogen and oxygen atoms in total. The molecule has 1 saturated carbocycles. The fourth-order valence-corrected chi connectivity index (χ4v) is 6.13. The molecule has 4 aliphatic rings. The number of halogens is 1. The molecule has 2 bridgehead atoms. The summed E-state index contributed by atoms with van der Waals surface area (Å²) in [5, 5.41) is 4.08. The maximum absolute atomic E-state index is 15.3. The molecule has 1 spiro atoms. The number of cyclic esters (lactones) is 1. The van der Waals surface area contributed by atoms with Crippen LogP contribution in [0, 0.1) is 11.2 Å². The molecule has 1 aromatic rings. The third-order valence-corrected chi connectivity index (χ3v) is 7.84. The first kappa shape index (κ1) is 25.6. The first-order valence-electron chi connectivity index (χ1n) is 12.9. The normalized spacial score (nSPS) is 26.6. The van der Waals surface area contributed by atoms with E-state index >= 15 is 4.39 Å². The summed E-state index contributed by atoms with van der Waals surface area (Å²) in [7, 11) is 0. The number of hydrogen-bond donors (Lipinski definition) is 1. The van der Waals surface area contributed by atoms with Crippen LogP contribution in [0.5, 0.6) is 0 Å². The summed E-state index contributed by atoms with van der Waals surface area (Å²) in [6, 6.07) is 4.74. The van der Waals surface area contributed by atoms with E-state index in [1.807, 2.05) is 25.7 Å². The van der Waals surface area contributed by atoms with Gasteiger partial charge in [0.25, 0.3) is 0 Å². The van der Waals surface area contributed by atoms with E-state index in [4.69, 9.17) is 14.3 Å². The lowest BCUT2D eigenvalue weighted by molar-refractivity contribution is -0.170. The number of amides is 3. The topological polar surface area (TPSA) is 101 Å². The first-order chi connectivity index (χ1) is 17.5. The molecule has 3 heterocycles. The average Bonchev–Trinajstić information content (AvgIpc) is 3.46. The van der Waals surface area contributed by atoms with E-state index in [0.717, 1.165) is 25.7 Å². The maximum atomic E-state index is 15.3. The molecule has 5 rings (SSSR count). The molecule has 0 aromatic heterocycles. The van der Waals surface area contributed by atoms with Gasteiger partial charge in [-0.05, 0) is 64.7 Å². The number of rotatable bonds is 4. The molecule has 3 amide bonds. The Kier molecular flexibility index (Phi) is 6.45. The Morgan fingerprint density at radius 3 is 2.59 bits per heavy atom. The van der Waals surface area contributed by atoms with Crippen LogP contribution < -0.4 is 15.1 Å². The van der Waals surface area contributed by atoms with Crippen molar-refractivity contribution in [1.29, 1.82) is 0 Å². The SMILES string of the molecule is CC(=O)NC[C@H]1CN(c2ccc(N3CCC4(CC3)C3CCC4N(C(=O)OC(C)(C)C)O3)c(F)c2)C(=O)O1. The number of anilines is 2. The number of hydrogen-bond acceptors (Lipinski definition) is 7. The van der Waals surface area contributed by atoms with E-state index in [1.54, 1.807) is 12.1 Å². The van der Waals surface area contributed by atoms with E-state index < -0.39 is 29.7 Å². The number of benzene rings is 1. The van der Waals surface area contributed by atoms with Crippen LogP contribution in [-0.4, -0.2) is 73.2 Å². The highest BCUT2D eigenvalue weighted by Crippen LogP contribution is 2.55. The first-order valence-corrected chi connectivity index (χ1v) is 12.9. The van der Waals surface area contributed by atoms with Crippen LogP contribution in [0.1, 0.15) is 53.4 Å². The van der Waals surface area contributed by atoms with Crippen LogP contribution in [-0.2, 0) is 19.1 Å². The van der Waals surface area contributed by atoms with E-state index in [2.05, 4.69) is 5.32 Å². The Morgan fingerprint density at radius 2 is 1.95 bits per heavy atom. The predicted octanol–water partition coefficient (Wildman–Crippen LogP) is 3.59. The minimum absolute atomic E-state index is 0.0339. The summed E-state index contributed by atoms with van der Waals surface area (Å²) < 4.78 is 26.1. The van der Waals surface area contributed by atoms with E-state index in [0.29, 0.717) is 24.5 Å². The van der Waals surface area contributed by atoms with Crippen molar-refractivity contribution in [3.63, 3.8) is 0 Å². The van der Waals surface area contributed by atoms with Gasteiger partial charge in [-0.25, -0.2) is 14.0 Å². The number of ether oxygens (including phenoxy) is 2. The van der Waals surface area contributed by atoms with Gasteiger partial charge in [0.15, 0.2) is 0 Å². The van der Waals surface area contributed by atoms with Gasteiger partial charge < -0.3 is 19.7 Å². The monoisotopic (exact) mass is 518 g/mol. The highest BCUT2D eigenvalue weighted by molar-refractivity contribution is 5.90. The minimum atomic E-state index is -0.597. The molecule has 11 heteroatoms. The molecule has 4 fully saturated rings. The zero-order valence-electron chi connectivity index (χ0n) is 21.8. The fourth-order valence-electron chi connectivity index (χ4n) is 6.13. The number of nitrogens with one attached hydrogen (secondary N) is 1. The zero-order valence-corrected chi connectivity index (χ0v) is 21.8. The summed E-state index contributed by atoms with van der Waals surface area (Å²) in [4.78, 5) is 45.6. The maximum Gasteiger partial charge on any atom is 0.434 e. The molecule has 1 N–H and O–H groups in total. The van der Waals surface area contributed by atoms with Crippen LogP contribution in [0.4, 0.5) is 25.4 Å². The summed E-state index contributed by atoms with van der Waals surface area (Å²) in [6.07, 6.45) is 1.83. The lowest BCUT2D eigenvalue weighted by Crippen LogP contribution is -2.48. The van der Waals surface area contributed by atoms with Crippen molar-refractivity contribution in [2.45, 2.75) is 77.2 Å². The molecule has 37 heavy (non-hydrogen) atoms. The quantitative estimate of drug-likeness (QED) is 0.650. The van der Waals surface area contributed by atoms with Gasteiger partial charge in [-0.3, -0.25) is 14.5 Å². The van der Waals surface area contributed by atoms with Crippen molar-refractivity contribution in [3.05, 3.63) is 24.0 Å². The van der Waals surface area contributed by atoms with Gasteiger partial charge in [0.1, 0.15) is 17.5 Å². The minimum Gasteiger partial charge on any atom is -0.442 e. The fraction of sp³-hybridized carbons (Fsp3) is 0.654. The zero-order chi connectivity index (χ0) is 26.5. The summed E-state index contributed by atoms with van der Waals surface area (Å²) in [6.45, 7) is 8.63. The molecule has 202 valence electrons. The Morgan fingerprint density at radius 1 is 1.22 bits per heavy atom. The molecule has 2 unspecified atom stereocenters. The predicted molar refractivity (Wildman–Crippen MR) is 133 cm³/mol.